The normalized spacial score (nSPS) is 15.1. The Bertz CT molecular complexity index is 1360. The van der Waals surface area contributed by atoms with Gasteiger partial charge in [0.15, 0.2) is 16.6 Å². The molecule has 3 aromatic rings. The van der Waals surface area contributed by atoms with Gasteiger partial charge in [-0.3, -0.25) is 0 Å². The summed E-state index contributed by atoms with van der Waals surface area (Å²) in [7, 11) is 1.34. The third-order valence-electron chi connectivity index (χ3n) is 5.61. The van der Waals surface area contributed by atoms with E-state index in [1.54, 1.807) is 30.3 Å². The second-order valence-electron chi connectivity index (χ2n) is 7.98. The fraction of sp³-hybridized carbons (Fsp3) is 0.185. The molecule has 0 bridgehead atoms. The first kappa shape index (κ1) is 27.1. The maximum absolute atomic E-state index is 13.0. The van der Waals surface area contributed by atoms with Crippen molar-refractivity contribution in [2.75, 3.05) is 13.7 Å². The number of halogens is 3. The van der Waals surface area contributed by atoms with E-state index in [4.69, 9.17) is 61.2 Å². The average molecular weight is 578 g/mol. The van der Waals surface area contributed by atoms with E-state index < -0.39 is 12.0 Å². The minimum Gasteiger partial charge on any atom is -0.490 e. The molecule has 0 aliphatic carbocycles. The lowest BCUT2D eigenvalue weighted by atomic mass is 9.92. The van der Waals surface area contributed by atoms with Gasteiger partial charge in [0.25, 0.3) is 0 Å². The van der Waals surface area contributed by atoms with Gasteiger partial charge in [-0.25, -0.2) is 4.79 Å². The van der Waals surface area contributed by atoms with Gasteiger partial charge < -0.3 is 24.8 Å². The zero-order chi connectivity index (χ0) is 26.5. The largest absolute Gasteiger partial charge is 0.490 e. The Morgan fingerprint density at radius 2 is 1.68 bits per heavy atom. The van der Waals surface area contributed by atoms with Crippen molar-refractivity contribution in [3.63, 3.8) is 0 Å². The average Bonchev–Trinajstić information content (AvgIpc) is 2.88. The van der Waals surface area contributed by atoms with Crippen molar-refractivity contribution in [1.82, 2.24) is 10.6 Å². The summed E-state index contributed by atoms with van der Waals surface area (Å²) in [4.78, 5) is 13.0. The number of methoxy groups -OCH3 is 1. The smallest absolute Gasteiger partial charge is 0.338 e. The standard InChI is InChI=1S/C27H23Cl3N2O4S/c1-3-35-22-12-16(7-11-21(22)36-14-17-6-10-19(29)13-20(17)30)25-23(26(33)34-2)24(31-27(37)32-25)15-4-8-18(28)9-5-15/h4-13,25H,3,14H2,1-2H3,(H2,31,32,37)/t25-/m0/s1. The van der Waals surface area contributed by atoms with Gasteiger partial charge in [-0.05, 0) is 66.7 Å². The summed E-state index contributed by atoms with van der Waals surface area (Å²) in [5, 5.41) is 8.27. The molecule has 192 valence electrons. The van der Waals surface area contributed by atoms with Gasteiger partial charge in [0, 0.05) is 20.6 Å². The highest BCUT2D eigenvalue weighted by Gasteiger charge is 2.33. The number of carbonyl (C=O) groups excluding carboxylic acids is 1. The van der Waals surface area contributed by atoms with Crippen molar-refractivity contribution < 1.29 is 19.0 Å². The number of esters is 1. The molecule has 0 spiro atoms. The van der Waals surface area contributed by atoms with Crippen LogP contribution in [0.15, 0.2) is 66.2 Å². The Labute approximate surface area is 235 Å². The number of rotatable bonds is 8. The lowest BCUT2D eigenvalue weighted by molar-refractivity contribution is -0.136. The molecule has 10 heteroatoms. The number of benzene rings is 3. The summed E-state index contributed by atoms with van der Waals surface area (Å²) in [5.74, 6) is 0.524. The molecule has 0 unspecified atom stereocenters. The Balaban J connectivity index is 1.72. The van der Waals surface area contributed by atoms with E-state index >= 15 is 0 Å². The van der Waals surface area contributed by atoms with E-state index in [-0.39, 0.29) is 6.61 Å². The molecular weight excluding hydrogens is 555 g/mol. The number of hydrogen-bond donors (Lipinski definition) is 2. The van der Waals surface area contributed by atoms with Crippen molar-refractivity contribution in [3.8, 4) is 11.5 Å². The van der Waals surface area contributed by atoms with Gasteiger partial charge >= 0.3 is 5.97 Å². The summed E-state index contributed by atoms with van der Waals surface area (Å²) in [6.07, 6.45) is 0. The summed E-state index contributed by atoms with van der Waals surface area (Å²) in [6, 6.07) is 17.2. The van der Waals surface area contributed by atoms with E-state index in [0.717, 1.165) is 16.7 Å². The monoisotopic (exact) mass is 576 g/mol. The molecular formula is C27H23Cl3N2O4S. The first-order chi connectivity index (χ1) is 17.8. The molecule has 4 rings (SSSR count). The van der Waals surface area contributed by atoms with E-state index in [1.807, 2.05) is 37.3 Å². The number of ether oxygens (including phenoxy) is 3. The molecule has 3 aromatic carbocycles. The van der Waals surface area contributed by atoms with Crippen LogP contribution in [0.25, 0.3) is 5.70 Å². The second-order valence-corrected chi connectivity index (χ2v) is 9.67. The van der Waals surface area contributed by atoms with E-state index in [1.165, 1.54) is 7.11 Å². The zero-order valence-corrected chi connectivity index (χ0v) is 23.0. The molecule has 37 heavy (non-hydrogen) atoms. The molecule has 0 saturated carbocycles. The Morgan fingerprint density at radius 3 is 2.35 bits per heavy atom. The topological polar surface area (TPSA) is 68.8 Å². The molecule has 2 N–H and O–H groups in total. The van der Waals surface area contributed by atoms with Gasteiger partial charge in [0.2, 0.25) is 0 Å². The Kier molecular flexibility index (Phi) is 8.82. The molecule has 1 heterocycles. The SMILES string of the molecule is CCOc1cc([C@@H]2NC(=S)NC(c3ccc(Cl)cc3)=C2C(=O)OC)ccc1OCc1ccc(Cl)cc1Cl. The highest BCUT2D eigenvalue weighted by molar-refractivity contribution is 7.80. The summed E-state index contributed by atoms with van der Waals surface area (Å²) in [6.45, 7) is 2.51. The van der Waals surface area contributed by atoms with Crippen LogP contribution < -0.4 is 20.1 Å². The minimum atomic E-state index is -0.606. The molecule has 0 amide bonds. The van der Waals surface area contributed by atoms with Gasteiger partial charge in [-0.2, -0.15) is 0 Å². The molecule has 0 aromatic heterocycles. The molecule has 0 saturated heterocycles. The number of thiocarbonyl (C=S) groups is 1. The van der Waals surface area contributed by atoms with Gasteiger partial charge in [-0.1, -0.05) is 59.1 Å². The Hall–Kier alpha value is -2.97. The zero-order valence-electron chi connectivity index (χ0n) is 19.9. The van der Waals surface area contributed by atoms with Gasteiger partial charge in [0.1, 0.15) is 6.61 Å². The van der Waals surface area contributed by atoms with Crippen LogP contribution in [-0.4, -0.2) is 24.8 Å². The lowest BCUT2D eigenvalue weighted by Gasteiger charge is -2.31. The van der Waals surface area contributed by atoms with Crippen molar-refractivity contribution in [3.05, 3.63) is 98.0 Å². The van der Waals surface area contributed by atoms with E-state index in [2.05, 4.69) is 10.6 Å². The third kappa shape index (κ3) is 6.30. The second kappa shape index (κ2) is 12.0. The third-order valence-corrected chi connectivity index (χ3v) is 6.67. The maximum atomic E-state index is 13.0. The number of nitrogens with one attached hydrogen (secondary N) is 2. The number of hydrogen-bond acceptors (Lipinski definition) is 5. The predicted octanol–water partition coefficient (Wildman–Crippen LogP) is 6.73. The van der Waals surface area contributed by atoms with Crippen LogP contribution in [0.2, 0.25) is 15.1 Å². The van der Waals surface area contributed by atoms with Gasteiger partial charge in [-0.15, -0.1) is 0 Å². The quantitative estimate of drug-likeness (QED) is 0.227. The van der Waals surface area contributed by atoms with Crippen molar-refractivity contribution in [2.45, 2.75) is 19.6 Å². The van der Waals surface area contributed by atoms with Crippen LogP contribution in [0.5, 0.6) is 11.5 Å². The van der Waals surface area contributed by atoms with Crippen LogP contribution in [0.3, 0.4) is 0 Å². The van der Waals surface area contributed by atoms with Crippen molar-refractivity contribution >= 4 is 63.8 Å². The fourth-order valence-corrected chi connectivity index (χ4v) is 4.68. The highest BCUT2D eigenvalue weighted by atomic mass is 35.5. The molecule has 1 aliphatic rings. The first-order valence-corrected chi connectivity index (χ1v) is 12.8. The van der Waals surface area contributed by atoms with Crippen LogP contribution in [0.4, 0.5) is 0 Å². The number of carbonyl (C=O) groups is 1. The van der Waals surface area contributed by atoms with E-state index in [9.17, 15) is 4.79 Å². The lowest BCUT2D eigenvalue weighted by Crippen LogP contribution is -2.45. The van der Waals surface area contributed by atoms with Crippen LogP contribution in [-0.2, 0) is 16.1 Å². The van der Waals surface area contributed by atoms with Gasteiger partial charge in [0.05, 0.1) is 31.0 Å². The highest BCUT2D eigenvalue weighted by Crippen LogP contribution is 2.37. The molecule has 0 radical (unpaired) electrons. The molecule has 0 fully saturated rings. The minimum absolute atomic E-state index is 0.221. The van der Waals surface area contributed by atoms with Crippen LogP contribution in [0, 0.1) is 0 Å². The molecule has 1 atom stereocenters. The van der Waals surface area contributed by atoms with E-state index in [0.29, 0.717) is 49.6 Å². The summed E-state index contributed by atoms with van der Waals surface area (Å²) in [5.41, 5.74) is 3.15. The first-order valence-electron chi connectivity index (χ1n) is 11.3. The maximum Gasteiger partial charge on any atom is 0.338 e. The van der Waals surface area contributed by atoms with Crippen molar-refractivity contribution in [2.24, 2.45) is 0 Å². The summed E-state index contributed by atoms with van der Waals surface area (Å²) >= 11 is 23.8. The summed E-state index contributed by atoms with van der Waals surface area (Å²) < 4.78 is 17.0. The Morgan fingerprint density at radius 1 is 0.946 bits per heavy atom. The predicted molar refractivity (Wildman–Crippen MR) is 150 cm³/mol. The van der Waals surface area contributed by atoms with Crippen LogP contribution in [0.1, 0.15) is 29.7 Å². The van der Waals surface area contributed by atoms with Crippen molar-refractivity contribution in [1.29, 1.82) is 0 Å². The van der Waals surface area contributed by atoms with Crippen LogP contribution >= 0.6 is 47.0 Å². The molecule has 6 nitrogen and oxygen atoms in total. The molecule has 1 aliphatic heterocycles. The fourth-order valence-electron chi connectivity index (χ4n) is 3.87.